The number of ether oxygens (including phenoxy) is 1. The molecule has 5 heteroatoms. The molecule has 1 atom stereocenters. The molecule has 18 heavy (non-hydrogen) atoms. The van der Waals surface area contributed by atoms with Crippen LogP contribution in [0.4, 0.5) is 13.2 Å². The summed E-state index contributed by atoms with van der Waals surface area (Å²) in [4.78, 5) is 0. The first-order valence-corrected chi connectivity index (χ1v) is 5.59. The molecule has 0 aromatic heterocycles. The highest BCUT2D eigenvalue weighted by atomic mass is 19.4. The van der Waals surface area contributed by atoms with Gasteiger partial charge in [-0.2, -0.15) is 13.2 Å². The third-order valence-corrected chi connectivity index (χ3v) is 2.24. The van der Waals surface area contributed by atoms with Crippen molar-refractivity contribution >= 4 is 0 Å². The van der Waals surface area contributed by atoms with E-state index in [-0.39, 0.29) is 11.9 Å². The van der Waals surface area contributed by atoms with Gasteiger partial charge in [0.1, 0.15) is 11.9 Å². The van der Waals surface area contributed by atoms with E-state index in [4.69, 9.17) is 4.74 Å². The summed E-state index contributed by atoms with van der Waals surface area (Å²) in [5.41, 5.74) is -0.749. The molecule has 0 bridgehead atoms. The average Bonchev–Trinajstić information content (AvgIpc) is 2.28. The molecule has 0 saturated heterocycles. The highest BCUT2D eigenvalue weighted by Crippen LogP contribution is 2.36. The van der Waals surface area contributed by atoms with Crippen LogP contribution in [0.1, 0.15) is 12.5 Å². The summed E-state index contributed by atoms with van der Waals surface area (Å²) < 4.78 is 43.4. The van der Waals surface area contributed by atoms with Crippen molar-refractivity contribution in [3.05, 3.63) is 42.5 Å². The third-order valence-electron chi connectivity index (χ3n) is 2.24. The Hall–Kier alpha value is -1.49. The second-order valence-corrected chi connectivity index (χ2v) is 3.87. The average molecular weight is 259 g/mol. The van der Waals surface area contributed by atoms with Gasteiger partial charge < -0.3 is 10.1 Å². The molecule has 0 aliphatic heterocycles. The third kappa shape index (κ3) is 4.41. The normalized spacial score (nSPS) is 13.1. The van der Waals surface area contributed by atoms with Crippen LogP contribution in [0.2, 0.25) is 0 Å². The lowest BCUT2D eigenvalue weighted by Gasteiger charge is -2.18. The Morgan fingerprint density at radius 2 is 2.06 bits per heavy atom. The number of hydrogen-bond donors (Lipinski definition) is 1. The second-order valence-electron chi connectivity index (χ2n) is 3.87. The molecule has 0 spiro atoms. The molecule has 0 amide bonds. The molecule has 0 saturated carbocycles. The van der Waals surface area contributed by atoms with Crippen LogP contribution in [-0.2, 0) is 6.18 Å². The van der Waals surface area contributed by atoms with Crippen LogP contribution in [0.25, 0.3) is 0 Å². The molecule has 2 nitrogen and oxygen atoms in total. The van der Waals surface area contributed by atoms with Crippen LogP contribution >= 0.6 is 0 Å². The molecule has 1 unspecified atom stereocenters. The van der Waals surface area contributed by atoms with Gasteiger partial charge in [0.05, 0.1) is 5.56 Å². The fraction of sp³-hybridized carbons (Fsp3) is 0.385. The van der Waals surface area contributed by atoms with Gasteiger partial charge in [0, 0.05) is 13.1 Å². The lowest BCUT2D eigenvalue weighted by atomic mass is 10.2. The van der Waals surface area contributed by atoms with Crippen LogP contribution in [0.15, 0.2) is 36.9 Å². The maximum atomic E-state index is 12.7. The molecule has 0 heterocycles. The lowest BCUT2D eigenvalue weighted by Crippen LogP contribution is -2.29. The fourth-order valence-electron chi connectivity index (χ4n) is 1.45. The molecule has 1 aromatic carbocycles. The number of para-hydroxylation sites is 1. The van der Waals surface area contributed by atoms with E-state index in [0.29, 0.717) is 13.1 Å². The van der Waals surface area contributed by atoms with Crippen LogP contribution in [0.3, 0.4) is 0 Å². The van der Waals surface area contributed by atoms with Crippen molar-refractivity contribution < 1.29 is 17.9 Å². The SMILES string of the molecule is C=CCNCC(C)Oc1ccccc1C(F)(F)F. The van der Waals surface area contributed by atoms with E-state index in [1.165, 1.54) is 18.2 Å². The van der Waals surface area contributed by atoms with Gasteiger partial charge in [-0.1, -0.05) is 18.2 Å². The summed E-state index contributed by atoms with van der Waals surface area (Å²) >= 11 is 0. The summed E-state index contributed by atoms with van der Waals surface area (Å²) in [6.45, 7) is 6.30. The second kappa shape index (κ2) is 6.44. The van der Waals surface area contributed by atoms with Gasteiger partial charge in [-0.15, -0.1) is 6.58 Å². The first-order valence-electron chi connectivity index (χ1n) is 5.59. The van der Waals surface area contributed by atoms with Gasteiger partial charge in [-0.25, -0.2) is 0 Å². The lowest BCUT2D eigenvalue weighted by molar-refractivity contribution is -0.139. The number of halogens is 3. The van der Waals surface area contributed by atoms with E-state index in [0.717, 1.165) is 6.07 Å². The summed E-state index contributed by atoms with van der Waals surface area (Å²) in [6.07, 6.45) is -3.07. The number of alkyl halides is 3. The molecule has 1 aromatic rings. The zero-order valence-electron chi connectivity index (χ0n) is 10.1. The number of benzene rings is 1. The van der Waals surface area contributed by atoms with Crippen molar-refractivity contribution in [1.82, 2.24) is 5.32 Å². The smallest absolute Gasteiger partial charge is 0.419 e. The van der Waals surface area contributed by atoms with Gasteiger partial charge in [0.2, 0.25) is 0 Å². The van der Waals surface area contributed by atoms with Crippen LogP contribution in [-0.4, -0.2) is 19.2 Å². The Labute approximate surface area is 104 Å². The van der Waals surface area contributed by atoms with E-state index in [2.05, 4.69) is 11.9 Å². The van der Waals surface area contributed by atoms with E-state index in [1.807, 2.05) is 0 Å². The van der Waals surface area contributed by atoms with Gasteiger partial charge in [-0.05, 0) is 19.1 Å². The molecule has 0 aliphatic carbocycles. The Morgan fingerprint density at radius 1 is 1.39 bits per heavy atom. The van der Waals surface area contributed by atoms with Crippen molar-refractivity contribution in [2.45, 2.75) is 19.2 Å². The number of rotatable bonds is 6. The van der Waals surface area contributed by atoms with E-state index in [9.17, 15) is 13.2 Å². The molecule has 100 valence electrons. The van der Waals surface area contributed by atoms with E-state index < -0.39 is 11.7 Å². The Bertz CT molecular complexity index is 390. The molecule has 0 fully saturated rings. The van der Waals surface area contributed by atoms with E-state index in [1.54, 1.807) is 13.0 Å². The minimum absolute atomic E-state index is 0.141. The topological polar surface area (TPSA) is 21.3 Å². The summed E-state index contributed by atoms with van der Waals surface area (Å²) in [5.74, 6) is -0.141. The van der Waals surface area contributed by atoms with Crippen molar-refractivity contribution in [3.8, 4) is 5.75 Å². The Morgan fingerprint density at radius 3 is 2.67 bits per heavy atom. The molecule has 1 N–H and O–H groups in total. The zero-order chi connectivity index (χ0) is 13.6. The number of hydrogen-bond acceptors (Lipinski definition) is 2. The van der Waals surface area contributed by atoms with Crippen LogP contribution < -0.4 is 10.1 Å². The molecule has 0 radical (unpaired) electrons. The van der Waals surface area contributed by atoms with Gasteiger partial charge >= 0.3 is 6.18 Å². The Kier molecular flexibility index (Phi) is 5.22. The van der Waals surface area contributed by atoms with Gasteiger partial charge in [0.25, 0.3) is 0 Å². The molecular weight excluding hydrogens is 243 g/mol. The van der Waals surface area contributed by atoms with Crippen molar-refractivity contribution in [2.75, 3.05) is 13.1 Å². The van der Waals surface area contributed by atoms with Crippen LogP contribution in [0.5, 0.6) is 5.75 Å². The molecule has 1 rings (SSSR count). The maximum Gasteiger partial charge on any atom is 0.419 e. The fourth-order valence-corrected chi connectivity index (χ4v) is 1.45. The monoisotopic (exact) mass is 259 g/mol. The predicted octanol–water partition coefficient (Wildman–Crippen LogP) is 3.25. The standard InChI is InChI=1S/C13H16F3NO/c1-3-8-17-9-10(2)18-12-7-5-4-6-11(12)13(14,15)16/h3-7,10,17H,1,8-9H2,2H3. The summed E-state index contributed by atoms with van der Waals surface area (Å²) in [6, 6.07) is 5.21. The summed E-state index contributed by atoms with van der Waals surface area (Å²) in [7, 11) is 0. The highest BCUT2D eigenvalue weighted by Gasteiger charge is 2.34. The minimum Gasteiger partial charge on any atom is -0.489 e. The van der Waals surface area contributed by atoms with Crippen molar-refractivity contribution in [1.29, 1.82) is 0 Å². The van der Waals surface area contributed by atoms with Gasteiger partial charge in [-0.3, -0.25) is 0 Å². The van der Waals surface area contributed by atoms with Crippen molar-refractivity contribution in [3.63, 3.8) is 0 Å². The quantitative estimate of drug-likeness (QED) is 0.625. The maximum absolute atomic E-state index is 12.7. The predicted molar refractivity (Wildman–Crippen MR) is 64.6 cm³/mol. The largest absolute Gasteiger partial charge is 0.489 e. The summed E-state index contributed by atoms with van der Waals surface area (Å²) in [5, 5.41) is 2.99. The molecule has 0 aliphatic rings. The molecular formula is C13H16F3NO. The van der Waals surface area contributed by atoms with Crippen LogP contribution in [0, 0.1) is 0 Å². The van der Waals surface area contributed by atoms with Gasteiger partial charge in [0.15, 0.2) is 0 Å². The zero-order valence-corrected chi connectivity index (χ0v) is 10.1. The Balaban J connectivity index is 2.69. The van der Waals surface area contributed by atoms with E-state index >= 15 is 0 Å². The minimum atomic E-state index is -4.40. The highest BCUT2D eigenvalue weighted by molar-refractivity contribution is 5.35. The number of nitrogens with one attached hydrogen (secondary N) is 1. The first kappa shape index (κ1) is 14.6. The van der Waals surface area contributed by atoms with Crippen molar-refractivity contribution in [2.24, 2.45) is 0 Å². The first-order chi connectivity index (χ1) is 8.45.